The van der Waals surface area contributed by atoms with Crippen LogP contribution in [0.3, 0.4) is 0 Å². The zero-order valence-electron chi connectivity index (χ0n) is 13.0. The highest BCUT2D eigenvalue weighted by Gasteiger charge is 2.26. The third kappa shape index (κ3) is 2.61. The number of ether oxygens (including phenoxy) is 1. The van der Waals surface area contributed by atoms with Crippen molar-refractivity contribution in [2.24, 2.45) is 0 Å². The molecule has 0 spiro atoms. The van der Waals surface area contributed by atoms with Gasteiger partial charge in [-0.05, 0) is 12.6 Å². The van der Waals surface area contributed by atoms with E-state index in [-0.39, 0.29) is 11.4 Å². The SMILES string of the molecule is CCN1CCc2[nH]nc(-c3cc(OC)c(O)c([N+](=O)[O-])c3)c2C1. The van der Waals surface area contributed by atoms with Gasteiger partial charge in [0.05, 0.1) is 17.7 Å². The number of aromatic nitrogens is 2. The number of phenolic OH excluding ortho intramolecular Hbond substituents is 1. The van der Waals surface area contributed by atoms with Crippen LogP contribution in [0.4, 0.5) is 5.69 Å². The van der Waals surface area contributed by atoms with Crippen molar-refractivity contribution in [1.29, 1.82) is 0 Å². The average molecular weight is 318 g/mol. The summed E-state index contributed by atoms with van der Waals surface area (Å²) in [5.74, 6) is -0.407. The van der Waals surface area contributed by atoms with Gasteiger partial charge in [0, 0.05) is 42.4 Å². The maximum atomic E-state index is 11.2. The molecular weight excluding hydrogens is 300 g/mol. The first-order valence-electron chi connectivity index (χ1n) is 7.39. The van der Waals surface area contributed by atoms with Gasteiger partial charge in [-0.15, -0.1) is 0 Å². The van der Waals surface area contributed by atoms with Crippen molar-refractivity contribution in [3.63, 3.8) is 0 Å². The Hall–Kier alpha value is -2.61. The van der Waals surface area contributed by atoms with Crippen LogP contribution in [0, 0.1) is 10.1 Å². The Morgan fingerprint density at radius 3 is 2.96 bits per heavy atom. The summed E-state index contributed by atoms with van der Waals surface area (Å²) in [5.41, 5.74) is 2.93. The second-order valence-corrected chi connectivity index (χ2v) is 5.45. The number of benzene rings is 1. The summed E-state index contributed by atoms with van der Waals surface area (Å²) in [5, 5.41) is 28.4. The van der Waals surface area contributed by atoms with Gasteiger partial charge in [-0.1, -0.05) is 6.92 Å². The van der Waals surface area contributed by atoms with Crippen molar-refractivity contribution in [3.8, 4) is 22.8 Å². The van der Waals surface area contributed by atoms with Gasteiger partial charge in [-0.25, -0.2) is 0 Å². The summed E-state index contributed by atoms with van der Waals surface area (Å²) in [4.78, 5) is 12.8. The number of nitrogens with zero attached hydrogens (tertiary/aromatic N) is 3. The number of rotatable bonds is 4. The molecule has 0 radical (unpaired) electrons. The van der Waals surface area contributed by atoms with E-state index in [2.05, 4.69) is 22.0 Å². The first-order valence-corrected chi connectivity index (χ1v) is 7.39. The smallest absolute Gasteiger partial charge is 0.315 e. The zero-order valence-corrected chi connectivity index (χ0v) is 13.0. The number of methoxy groups -OCH3 is 1. The van der Waals surface area contributed by atoms with E-state index in [1.165, 1.54) is 13.2 Å². The van der Waals surface area contributed by atoms with E-state index in [9.17, 15) is 15.2 Å². The van der Waals surface area contributed by atoms with Gasteiger partial charge in [0.15, 0.2) is 5.75 Å². The fraction of sp³-hybridized carbons (Fsp3) is 0.400. The molecule has 0 unspecified atom stereocenters. The molecule has 1 aliphatic heterocycles. The standard InChI is InChI=1S/C15H18N4O4/c1-3-18-5-4-11-10(8-18)14(17-16-11)9-6-12(19(21)22)15(20)13(7-9)23-2/h6-7,20H,3-5,8H2,1-2H3,(H,16,17). The number of likely N-dealkylation sites (N-methyl/N-ethyl adjacent to an activating group) is 1. The molecule has 8 nitrogen and oxygen atoms in total. The first-order chi connectivity index (χ1) is 11.0. The second-order valence-electron chi connectivity index (χ2n) is 5.45. The molecule has 1 aromatic heterocycles. The van der Waals surface area contributed by atoms with Crippen LogP contribution in [-0.2, 0) is 13.0 Å². The third-order valence-electron chi connectivity index (χ3n) is 4.20. The Bertz CT molecular complexity index is 756. The Labute approximate surface area is 132 Å². The Morgan fingerprint density at radius 1 is 1.52 bits per heavy atom. The van der Waals surface area contributed by atoms with Crippen LogP contribution in [0.1, 0.15) is 18.2 Å². The van der Waals surface area contributed by atoms with E-state index >= 15 is 0 Å². The number of nitro benzene ring substituents is 1. The van der Waals surface area contributed by atoms with Gasteiger partial charge in [-0.3, -0.25) is 20.1 Å². The molecule has 2 aromatic rings. The number of aromatic amines is 1. The van der Waals surface area contributed by atoms with Crippen LogP contribution < -0.4 is 4.74 Å². The number of phenols is 1. The molecule has 0 amide bonds. The average Bonchev–Trinajstić information content (AvgIpc) is 2.97. The van der Waals surface area contributed by atoms with Gasteiger partial charge in [-0.2, -0.15) is 5.10 Å². The van der Waals surface area contributed by atoms with Crippen molar-refractivity contribution in [2.45, 2.75) is 19.9 Å². The Kier molecular flexibility index (Phi) is 3.91. The van der Waals surface area contributed by atoms with E-state index in [1.807, 2.05) is 0 Å². The lowest BCUT2D eigenvalue weighted by molar-refractivity contribution is -0.385. The van der Waals surface area contributed by atoms with Gasteiger partial charge in [0.1, 0.15) is 0 Å². The van der Waals surface area contributed by atoms with E-state index in [0.717, 1.165) is 37.3 Å². The van der Waals surface area contributed by atoms with Crippen LogP contribution in [0.25, 0.3) is 11.3 Å². The highest BCUT2D eigenvalue weighted by Crippen LogP contribution is 2.41. The molecule has 0 fully saturated rings. The minimum atomic E-state index is -0.626. The molecule has 2 N–H and O–H groups in total. The number of nitro groups is 1. The third-order valence-corrected chi connectivity index (χ3v) is 4.20. The molecule has 3 rings (SSSR count). The minimum absolute atomic E-state index is 0.0640. The molecule has 0 atom stereocenters. The Balaban J connectivity index is 2.11. The van der Waals surface area contributed by atoms with Gasteiger partial charge in [0.25, 0.3) is 0 Å². The number of hydrogen-bond donors (Lipinski definition) is 2. The van der Waals surface area contributed by atoms with Crippen molar-refractivity contribution in [1.82, 2.24) is 15.1 Å². The maximum Gasteiger partial charge on any atom is 0.315 e. The zero-order chi connectivity index (χ0) is 16.6. The number of hydrogen-bond acceptors (Lipinski definition) is 6. The van der Waals surface area contributed by atoms with Gasteiger partial charge in [0.2, 0.25) is 5.75 Å². The summed E-state index contributed by atoms with van der Waals surface area (Å²) >= 11 is 0. The largest absolute Gasteiger partial charge is 0.500 e. The van der Waals surface area contributed by atoms with Gasteiger partial charge < -0.3 is 9.84 Å². The molecule has 0 saturated carbocycles. The Morgan fingerprint density at radius 2 is 2.30 bits per heavy atom. The molecule has 23 heavy (non-hydrogen) atoms. The molecular formula is C15H18N4O4. The predicted octanol–water partition coefficient (Wildman–Crippen LogP) is 2.08. The summed E-state index contributed by atoms with van der Waals surface area (Å²) < 4.78 is 5.06. The van der Waals surface area contributed by atoms with Crippen molar-refractivity contribution >= 4 is 5.69 Å². The fourth-order valence-corrected chi connectivity index (χ4v) is 2.88. The second kappa shape index (κ2) is 5.88. The summed E-state index contributed by atoms with van der Waals surface area (Å²) in [6.07, 6.45) is 0.869. The van der Waals surface area contributed by atoms with Crippen LogP contribution in [0.2, 0.25) is 0 Å². The molecule has 0 bridgehead atoms. The molecule has 1 aliphatic rings. The highest BCUT2D eigenvalue weighted by molar-refractivity contribution is 5.73. The number of H-pyrrole nitrogens is 1. The lowest BCUT2D eigenvalue weighted by Crippen LogP contribution is -2.30. The normalized spacial score (nSPS) is 14.5. The molecule has 8 heteroatoms. The number of nitrogens with one attached hydrogen (secondary N) is 1. The predicted molar refractivity (Wildman–Crippen MR) is 83.5 cm³/mol. The van der Waals surface area contributed by atoms with Crippen LogP contribution in [-0.4, -0.2) is 45.3 Å². The van der Waals surface area contributed by atoms with Crippen molar-refractivity contribution in [3.05, 3.63) is 33.5 Å². The van der Waals surface area contributed by atoms with Crippen LogP contribution in [0.15, 0.2) is 12.1 Å². The van der Waals surface area contributed by atoms with E-state index in [0.29, 0.717) is 11.3 Å². The van der Waals surface area contributed by atoms with Crippen LogP contribution >= 0.6 is 0 Å². The lowest BCUT2D eigenvalue weighted by Gasteiger charge is -2.25. The van der Waals surface area contributed by atoms with E-state index in [1.54, 1.807) is 6.07 Å². The summed E-state index contributed by atoms with van der Waals surface area (Å²) in [6.45, 7) is 4.74. The first kappa shape index (κ1) is 15.3. The maximum absolute atomic E-state index is 11.2. The molecule has 1 aromatic carbocycles. The van der Waals surface area contributed by atoms with E-state index < -0.39 is 10.7 Å². The summed E-state index contributed by atoms with van der Waals surface area (Å²) in [7, 11) is 1.36. The minimum Gasteiger partial charge on any atom is -0.500 e. The van der Waals surface area contributed by atoms with Crippen molar-refractivity contribution < 1.29 is 14.8 Å². The topological polar surface area (TPSA) is 105 Å². The van der Waals surface area contributed by atoms with Crippen molar-refractivity contribution in [2.75, 3.05) is 20.2 Å². The lowest BCUT2D eigenvalue weighted by atomic mass is 10.00. The summed E-state index contributed by atoms with van der Waals surface area (Å²) in [6, 6.07) is 2.91. The number of aromatic hydroxyl groups is 1. The fourth-order valence-electron chi connectivity index (χ4n) is 2.88. The van der Waals surface area contributed by atoms with Crippen LogP contribution in [0.5, 0.6) is 11.5 Å². The molecule has 0 aliphatic carbocycles. The molecule has 2 heterocycles. The molecule has 0 saturated heterocycles. The quantitative estimate of drug-likeness (QED) is 0.660. The molecule has 122 valence electrons. The highest BCUT2D eigenvalue weighted by atomic mass is 16.6. The van der Waals surface area contributed by atoms with Gasteiger partial charge >= 0.3 is 5.69 Å². The van der Waals surface area contributed by atoms with E-state index in [4.69, 9.17) is 4.74 Å². The number of fused-ring (bicyclic) bond motifs is 1. The monoisotopic (exact) mass is 318 g/mol.